The van der Waals surface area contributed by atoms with E-state index in [4.69, 9.17) is 4.74 Å². The van der Waals surface area contributed by atoms with Crippen molar-refractivity contribution in [2.75, 3.05) is 11.9 Å². The standard InChI is InChI=1S/C16H20BrF2NO/c1-2-21-15-9-14(16(15)5-3-4-6-16)20-13-7-10(17)11(18)8-12(13)19/h7-8,14-15,20H,2-6,9H2,1H3. The van der Waals surface area contributed by atoms with Crippen LogP contribution in [0.1, 0.15) is 39.0 Å². The van der Waals surface area contributed by atoms with Gasteiger partial charge in [-0.3, -0.25) is 0 Å². The van der Waals surface area contributed by atoms with Gasteiger partial charge in [-0.05, 0) is 48.2 Å². The quantitative estimate of drug-likeness (QED) is 0.773. The van der Waals surface area contributed by atoms with Gasteiger partial charge in [-0.15, -0.1) is 0 Å². The molecular formula is C16H20BrF2NO. The third-order valence-corrected chi connectivity index (χ3v) is 5.63. The molecule has 2 nitrogen and oxygen atoms in total. The smallest absolute Gasteiger partial charge is 0.149 e. The lowest BCUT2D eigenvalue weighted by molar-refractivity contribution is -0.114. The maximum absolute atomic E-state index is 13.9. The van der Waals surface area contributed by atoms with Gasteiger partial charge >= 0.3 is 0 Å². The Morgan fingerprint density at radius 1 is 1.29 bits per heavy atom. The minimum atomic E-state index is -0.575. The van der Waals surface area contributed by atoms with Crippen LogP contribution in [0.15, 0.2) is 16.6 Å². The molecule has 1 aromatic rings. The van der Waals surface area contributed by atoms with E-state index in [1.807, 2.05) is 6.92 Å². The topological polar surface area (TPSA) is 21.3 Å². The van der Waals surface area contributed by atoms with E-state index in [0.717, 1.165) is 31.9 Å². The second-order valence-corrected chi connectivity index (χ2v) is 6.92. The van der Waals surface area contributed by atoms with Gasteiger partial charge in [-0.2, -0.15) is 0 Å². The Hall–Kier alpha value is -0.680. The predicted octanol–water partition coefficient (Wildman–Crippen LogP) is 4.88. The van der Waals surface area contributed by atoms with Crippen molar-refractivity contribution in [3.8, 4) is 0 Å². The zero-order chi connectivity index (χ0) is 15.0. The second kappa shape index (κ2) is 5.84. The molecule has 1 N–H and O–H groups in total. The molecule has 2 unspecified atom stereocenters. The zero-order valence-corrected chi connectivity index (χ0v) is 13.7. The van der Waals surface area contributed by atoms with E-state index in [9.17, 15) is 8.78 Å². The molecule has 0 heterocycles. The maximum atomic E-state index is 13.9. The summed E-state index contributed by atoms with van der Waals surface area (Å²) in [4.78, 5) is 0. The van der Waals surface area contributed by atoms with Crippen molar-refractivity contribution in [3.63, 3.8) is 0 Å². The number of halogens is 3. The molecule has 2 fully saturated rings. The number of hydrogen-bond donors (Lipinski definition) is 1. The number of rotatable bonds is 4. The Balaban J connectivity index is 1.78. The molecule has 0 aliphatic heterocycles. The Morgan fingerprint density at radius 3 is 2.67 bits per heavy atom. The Morgan fingerprint density at radius 2 is 2.00 bits per heavy atom. The number of nitrogens with one attached hydrogen (secondary N) is 1. The zero-order valence-electron chi connectivity index (χ0n) is 12.1. The highest BCUT2D eigenvalue weighted by Gasteiger charge is 2.56. The van der Waals surface area contributed by atoms with Crippen LogP contribution in [-0.2, 0) is 4.74 Å². The van der Waals surface area contributed by atoms with Crippen molar-refractivity contribution < 1.29 is 13.5 Å². The van der Waals surface area contributed by atoms with Gasteiger partial charge in [0.15, 0.2) is 0 Å². The molecule has 0 radical (unpaired) electrons. The molecule has 3 rings (SSSR count). The summed E-state index contributed by atoms with van der Waals surface area (Å²) in [5.74, 6) is -1.11. The highest BCUT2D eigenvalue weighted by atomic mass is 79.9. The molecular weight excluding hydrogens is 340 g/mol. The lowest BCUT2D eigenvalue weighted by Crippen LogP contribution is -2.60. The van der Waals surface area contributed by atoms with Gasteiger partial charge in [0.2, 0.25) is 0 Å². The number of ether oxygens (including phenoxy) is 1. The van der Waals surface area contributed by atoms with E-state index < -0.39 is 11.6 Å². The van der Waals surface area contributed by atoms with Crippen molar-refractivity contribution in [1.29, 1.82) is 0 Å². The van der Waals surface area contributed by atoms with Crippen molar-refractivity contribution in [1.82, 2.24) is 0 Å². The first-order valence-electron chi connectivity index (χ1n) is 7.59. The molecule has 1 spiro atoms. The van der Waals surface area contributed by atoms with Gasteiger partial charge in [0.25, 0.3) is 0 Å². The molecule has 2 aliphatic rings. The Labute approximate surface area is 132 Å². The Bertz CT molecular complexity index is 531. The summed E-state index contributed by atoms with van der Waals surface area (Å²) in [6.45, 7) is 2.73. The highest BCUT2D eigenvalue weighted by Crippen LogP contribution is 2.55. The van der Waals surface area contributed by atoms with Crippen LogP contribution in [0, 0.1) is 17.0 Å². The van der Waals surface area contributed by atoms with Crippen LogP contribution in [0.3, 0.4) is 0 Å². The maximum Gasteiger partial charge on any atom is 0.149 e. The number of benzene rings is 1. The van der Waals surface area contributed by atoms with Crippen LogP contribution in [0.4, 0.5) is 14.5 Å². The second-order valence-electron chi connectivity index (χ2n) is 6.06. The van der Waals surface area contributed by atoms with Crippen molar-refractivity contribution >= 4 is 21.6 Å². The van der Waals surface area contributed by atoms with Crippen LogP contribution in [0.2, 0.25) is 0 Å². The fraction of sp³-hybridized carbons (Fsp3) is 0.625. The van der Waals surface area contributed by atoms with Crippen LogP contribution in [-0.4, -0.2) is 18.8 Å². The summed E-state index contributed by atoms with van der Waals surface area (Å²) in [5, 5.41) is 3.28. The Kier molecular flexibility index (Phi) is 4.23. The van der Waals surface area contributed by atoms with Gasteiger partial charge in [0, 0.05) is 24.1 Å². The predicted molar refractivity (Wildman–Crippen MR) is 82.4 cm³/mol. The molecule has 1 aromatic carbocycles. The average molecular weight is 360 g/mol. The summed E-state index contributed by atoms with van der Waals surface area (Å²) in [5.41, 5.74) is 0.498. The van der Waals surface area contributed by atoms with E-state index in [-0.39, 0.29) is 22.0 Å². The fourth-order valence-electron chi connectivity index (χ4n) is 3.91. The lowest BCUT2D eigenvalue weighted by Gasteiger charge is -2.54. The largest absolute Gasteiger partial charge is 0.379 e. The monoisotopic (exact) mass is 359 g/mol. The third-order valence-electron chi connectivity index (χ3n) is 5.03. The summed E-state index contributed by atoms with van der Waals surface area (Å²) in [6, 6.07) is 2.62. The van der Waals surface area contributed by atoms with E-state index in [2.05, 4.69) is 21.2 Å². The van der Waals surface area contributed by atoms with Crippen LogP contribution in [0.5, 0.6) is 0 Å². The summed E-state index contributed by atoms with van der Waals surface area (Å²) >= 11 is 3.12. The molecule has 0 amide bonds. The molecule has 21 heavy (non-hydrogen) atoms. The number of hydrogen-bond acceptors (Lipinski definition) is 2. The molecule has 5 heteroatoms. The number of anilines is 1. The van der Waals surface area contributed by atoms with E-state index >= 15 is 0 Å². The first-order valence-corrected chi connectivity index (χ1v) is 8.39. The van der Waals surface area contributed by atoms with Crippen LogP contribution >= 0.6 is 15.9 Å². The van der Waals surface area contributed by atoms with Gasteiger partial charge < -0.3 is 10.1 Å². The molecule has 0 aromatic heterocycles. The van der Waals surface area contributed by atoms with E-state index in [1.54, 1.807) is 0 Å². The minimum Gasteiger partial charge on any atom is -0.379 e. The molecule has 2 atom stereocenters. The van der Waals surface area contributed by atoms with Gasteiger partial charge in [-0.25, -0.2) is 8.78 Å². The van der Waals surface area contributed by atoms with Crippen LogP contribution in [0.25, 0.3) is 0 Å². The molecule has 0 bridgehead atoms. The lowest BCUT2D eigenvalue weighted by atomic mass is 9.60. The van der Waals surface area contributed by atoms with E-state index in [1.165, 1.54) is 18.9 Å². The van der Waals surface area contributed by atoms with Crippen LogP contribution < -0.4 is 5.32 Å². The first-order chi connectivity index (χ1) is 10.1. The summed E-state index contributed by atoms with van der Waals surface area (Å²) < 4.78 is 33.4. The third kappa shape index (κ3) is 2.59. The molecule has 0 saturated heterocycles. The molecule has 2 aliphatic carbocycles. The molecule has 2 saturated carbocycles. The first kappa shape index (κ1) is 15.2. The van der Waals surface area contributed by atoms with Crippen molar-refractivity contribution in [2.24, 2.45) is 5.41 Å². The van der Waals surface area contributed by atoms with Gasteiger partial charge in [0.05, 0.1) is 16.3 Å². The molecule has 116 valence electrons. The fourth-order valence-corrected chi connectivity index (χ4v) is 4.25. The van der Waals surface area contributed by atoms with Gasteiger partial charge in [-0.1, -0.05) is 12.8 Å². The van der Waals surface area contributed by atoms with E-state index in [0.29, 0.717) is 5.69 Å². The summed E-state index contributed by atoms with van der Waals surface area (Å²) in [7, 11) is 0. The van der Waals surface area contributed by atoms with Gasteiger partial charge in [0.1, 0.15) is 11.6 Å². The summed E-state index contributed by atoms with van der Waals surface area (Å²) in [6.07, 6.45) is 5.82. The highest BCUT2D eigenvalue weighted by molar-refractivity contribution is 9.10. The SMILES string of the molecule is CCOC1CC(Nc2cc(Br)c(F)cc2F)C12CCCC2. The average Bonchev–Trinajstić information content (AvgIpc) is 2.95. The van der Waals surface area contributed by atoms with Crippen molar-refractivity contribution in [2.45, 2.75) is 51.2 Å². The normalized spacial score (nSPS) is 26.9. The minimum absolute atomic E-state index is 0.128. The van der Waals surface area contributed by atoms with Crippen molar-refractivity contribution in [3.05, 3.63) is 28.2 Å².